The van der Waals surface area contributed by atoms with Gasteiger partial charge in [-0.15, -0.1) is 0 Å². The summed E-state index contributed by atoms with van der Waals surface area (Å²) < 4.78 is 26.7. The monoisotopic (exact) mass is 369 g/mol. The molecule has 25 heavy (non-hydrogen) atoms. The van der Waals surface area contributed by atoms with Gasteiger partial charge in [0.05, 0.1) is 16.4 Å². The van der Waals surface area contributed by atoms with Gasteiger partial charge in [0.2, 0.25) is 10.0 Å². The number of nitrogens with two attached hydrogens (primary N) is 1. The van der Waals surface area contributed by atoms with Crippen molar-refractivity contribution in [3.63, 3.8) is 0 Å². The van der Waals surface area contributed by atoms with Crippen molar-refractivity contribution in [1.29, 1.82) is 0 Å². The van der Waals surface area contributed by atoms with Crippen molar-refractivity contribution < 1.29 is 13.3 Å². The Kier molecular flexibility index (Phi) is 6.32. The zero-order chi connectivity index (χ0) is 18.4. The summed E-state index contributed by atoms with van der Waals surface area (Å²) in [5.41, 5.74) is 5.66. The van der Waals surface area contributed by atoms with Crippen molar-refractivity contribution in [2.75, 3.05) is 26.2 Å². The number of nitrogens with one attached hydrogen (secondary N) is 1. The highest BCUT2D eigenvalue weighted by molar-refractivity contribution is 7.89. The van der Waals surface area contributed by atoms with Gasteiger partial charge < -0.3 is 10.6 Å². The predicted octanol–water partition coefficient (Wildman–Crippen LogP) is 0.920. The molecule has 3 N–H and O–H groups in total. The second kappa shape index (κ2) is 8.26. The second-order valence-corrected chi connectivity index (χ2v) is 7.83. The molecule has 0 saturated carbocycles. The number of benzene rings is 1. The van der Waals surface area contributed by atoms with E-state index in [0.29, 0.717) is 11.9 Å². The lowest BCUT2D eigenvalue weighted by Crippen LogP contribution is -2.42. The summed E-state index contributed by atoms with van der Waals surface area (Å²) in [6.07, 6.45) is 2.13. The van der Waals surface area contributed by atoms with Crippen molar-refractivity contribution >= 4 is 21.7 Å². The van der Waals surface area contributed by atoms with Crippen LogP contribution in [0.1, 0.15) is 19.8 Å². The summed E-state index contributed by atoms with van der Waals surface area (Å²) in [4.78, 5) is 16.2. The summed E-state index contributed by atoms with van der Waals surface area (Å²) >= 11 is 0. The minimum absolute atomic E-state index is 0.0654. The molecule has 1 aliphatic heterocycles. The highest BCUT2D eigenvalue weighted by atomic mass is 32.2. The summed E-state index contributed by atoms with van der Waals surface area (Å²) in [6, 6.07) is 4.90. The van der Waals surface area contributed by atoms with Crippen LogP contribution in [-0.4, -0.2) is 50.4 Å². The molecule has 1 aromatic carbocycles. The van der Waals surface area contributed by atoms with Crippen LogP contribution in [0.2, 0.25) is 0 Å². The number of hydrogen-bond acceptors (Lipinski definition) is 5. The van der Waals surface area contributed by atoms with E-state index in [9.17, 15) is 18.5 Å². The maximum absolute atomic E-state index is 12.2. The highest BCUT2D eigenvalue weighted by Gasteiger charge is 2.18. The third kappa shape index (κ3) is 5.40. The third-order valence-electron chi connectivity index (χ3n) is 4.12. The van der Waals surface area contributed by atoms with E-state index in [0.717, 1.165) is 32.0 Å². The lowest BCUT2D eigenvalue weighted by atomic mass is 10.00. The molecule has 0 aliphatic carbocycles. The number of nitrogens with zero attached hydrogens (tertiary/aromatic N) is 3. The summed E-state index contributed by atoms with van der Waals surface area (Å²) in [5, 5.41) is 10.7. The summed E-state index contributed by atoms with van der Waals surface area (Å²) in [6.45, 7) is 4.18. The highest BCUT2D eigenvalue weighted by Crippen LogP contribution is 2.17. The maximum atomic E-state index is 12.2. The zero-order valence-electron chi connectivity index (χ0n) is 14.1. The number of likely N-dealkylation sites (tertiary alicyclic amines) is 1. The zero-order valence-corrected chi connectivity index (χ0v) is 14.9. The molecule has 0 radical (unpaired) electrons. The van der Waals surface area contributed by atoms with Gasteiger partial charge in [-0.3, -0.25) is 15.1 Å². The van der Waals surface area contributed by atoms with Crippen LogP contribution in [0.15, 0.2) is 34.2 Å². The normalized spacial score (nSPS) is 16.8. The van der Waals surface area contributed by atoms with Crippen LogP contribution < -0.4 is 10.5 Å². The average Bonchev–Trinajstić information content (AvgIpc) is 2.59. The molecule has 1 fully saturated rings. The first-order chi connectivity index (χ1) is 11.8. The number of sulfonamides is 1. The van der Waals surface area contributed by atoms with Gasteiger partial charge in [0.25, 0.3) is 5.69 Å². The molecule has 138 valence electrons. The van der Waals surface area contributed by atoms with Gasteiger partial charge >= 0.3 is 0 Å². The Morgan fingerprint density at radius 3 is 2.76 bits per heavy atom. The molecule has 9 nitrogen and oxygen atoms in total. The average molecular weight is 369 g/mol. The second-order valence-electron chi connectivity index (χ2n) is 6.06. The smallest absolute Gasteiger partial charge is 0.270 e. The molecule has 1 saturated heterocycles. The van der Waals surface area contributed by atoms with Gasteiger partial charge in [0, 0.05) is 31.8 Å². The molecule has 1 heterocycles. The van der Waals surface area contributed by atoms with Gasteiger partial charge in [-0.2, -0.15) is 0 Å². The SMILES string of the molecule is CC1CCN(C(N)=NCCNS(=O)(=O)c2cccc([N+](=O)[O-])c2)CC1. The van der Waals surface area contributed by atoms with E-state index < -0.39 is 14.9 Å². The predicted molar refractivity (Wildman–Crippen MR) is 94.7 cm³/mol. The quantitative estimate of drug-likeness (QED) is 0.252. The van der Waals surface area contributed by atoms with E-state index in [1.165, 1.54) is 18.2 Å². The van der Waals surface area contributed by atoms with Gasteiger partial charge in [0.1, 0.15) is 0 Å². The van der Waals surface area contributed by atoms with Gasteiger partial charge in [0.15, 0.2) is 5.96 Å². The number of non-ortho nitro benzene ring substituents is 1. The lowest BCUT2D eigenvalue weighted by molar-refractivity contribution is -0.385. The summed E-state index contributed by atoms with van der Waals surface area (Å²) in [7, 11) is -3.82. The van der Waals surface area contributed by atoms with Gasteiger partial charge in [-0.05, 0) is 24.8 Å². The molecule has 10 heteroatoms. The molecule has 1 aliphatic rings. The van der Waals surface area contributed by atoms with Crippen molar-refractivity contribution in [2.45, 2.75) is 24.7 Å². The van der Waals surface area contributed by atoms with Gasteiger partial charge in [-0.1, -0.05) is 13.0 Å². The Morgan fingerprint density at radius 2 is 2.12 bits per heavy atom. The number of rotatable bonds is 6. The fraction of sp³-hybridized carbons (Fsp3) is 0.533. The minimum Gasteiger partial charge on any atom is -0.370 e. The van der Waals surface area contributed by atoms with Crippen LogP contribution in [0, 0.1) is 16.0 Å². The summed E-state index contributed by atoms with van der Waals surface area (Å²) in [5.74, 6) is 1.10. The molecular weight excluding hydrogens is 346 g/mol. The largest absolute Gasteiger partial charge is 0.370 e. The number of nitro groups is 1. The van der Waals surface area contributed by atoms with E-state index in [1.807, 2.05) is 4.90 Å². The molecule has 0 unspecified atom stereocenters. The number of aliphatic imine (C=N–C) groups is 1. The molecule has 2 rings (SSSR count). The van der Waals surface area contributed by atoms with Crippen molar-refractivity contribution in [2.24, 2.45) is 16.6 Å². The Bertz CT molecular complexity index is 742. The molecular formula is C15H23N5O4S. The van der Waals surface area contributed by atoms with Crippen LogP contribution in [0.25, 0.3) is 0 Å². The fourth-order valence-electron chi connectivity index (χ4n) is 2.54. The first-order valence-corrected chi connectivity index (χ1v) is 9.57. The van der Waals surface area contributed by atoms with Crippen LogP contribution in [-0.2, 0) is 10.0 Å². The number of piperidine rings is 1. The van der Waals surface area contributed by atoms with E-state index in [-0.39, 0.29) is 23.7 Å². The standard InChI is InChI=1S/C15H23N5O4S/c1-12-5-9-19(10-6-12)15(16)17-7-8-18-25(23,24)14-4-2-3-13(11-14)20(21)22/h2-4,11-12,18H,5-10H2,1H3,(H2,16,17). The van der Waals surface area contributed by atoms with Crippen LogP contribution in [0.4, 0.5) is 5.69 Å². The third-order valence-corrected chi connectivity index (χ3v) is 5.58. The Balaban J connectivity index is 1.89. The van der Waals surface area contributed by atoms with Crippen molar-refractivity contribution in [3.8, 4) is 0 Å². The minimum atomic E-state index is -3.82. The fourth-order valence-corrected chi connectivity index (χ4v) is 3.60. The van der Waals surface area contributed by atoms with E-state index in [4.69, 9.17) is 5.73 Å². The Hall–Kier alpha value is -2.20. The van der Waals surface area contributed by atoms with Crippen LogP contribution in [0.3, 0.4) is 0 Å². The molecule has 0 spiro atoms. The van der Waals surface area contributed by atoms with E-state index in [1.54, 1.807) is 0 Å². The van der Waals surface area contributed by atoms with Crippen molar-refractivity contribution in [3.05, 3.63) is 34.4 Å². The molecule has 0 aromatic heterocycles. The maximum Gasteiger partial charge on any atom is 0.270 e. The molecule has 0 bridgehead atoms. The van der Waals surface area contributed by atoms with Gasteiger partial charge in [-0.25, -0.2) is 13.1 Å². The number of nitro benzene ring substituents is 1. The van der Waals surface area contributed by atoms with Crippen molar-refractivity contribution in [1.82, 2.24) is 9.62 Å². The first-order valence-electron chi connectivity index (χ1n) is 8.08. The van der Waals surface area contributed by atoms with E-state index >= 15 is 0 Å². The lowest BCUT2D eigenvalue weighted by Gasteiger charge is -2.31. The van der Waals surface area contributed by atoms with Crippen LogP contribution in [0.5, 0.6) is 0 Å². The molecule has 0 atom stereocenters. The number of guanidine groups is 1. The van der Waals surface area contributed by atoms with E-state index in [2.05, 4.69) is 16.6 Å². The Labute approximate surface area is 147 Å². The number of hydrogen-bond donors (Lipinski definition) is 2. The Morgan fingerprint density at radius 1 is 1.44 bits per heavy atom. The molecule has 0 amide bonds. The first kappa shape index (κ1) is 19.1. The molecule has 1 aromatic rings. The van der Waals surface area contributed by atoms with Crippen LogP contribution >= 0.6 is 0 Å². The topological polar surface area (TPSA) is 131 Å².